The van der Waals surface area contributed by atoms with E-state index in [1.807, 2.05) is 0 Å². The minimum absolute atomic E-state index is 0.714. The van der Waals surface area contributed by atoms with E-state index in [0.29, 0.717) is 6.04 Å². The normalized spacial score (nSPS) is 27.6. The predicted molar refractivity (Wildman–Crippen MR) is 70.7 cm³/mol. The van der Waals surface area contributed by atoms with Gasteiger partial charge >= 0.3 is 0 Å². The van der Waals surface area contributed by atoms with Gasteiger partial charge in [-0.25, -0.2) is 0 Å². The molecule has 0 aromatic carbocycles. The van der Waals surface area contributed by atoms with Crippen LogP contribution in [0, 0.1) is 5.92 Å². The van der Waals surface area contributed by atoms with Crippen LogP contribution in [0.5, 0.6) is 0 Å². The molecule has 1 aliphatic rings. The van der Waals surface area contributed by atoms with Crippen molar-refractivity contribution in [3.8, 4) is 0 Å². The van der Waals surface area contributed by atoms with Crippen LogP contribution in [0.15, 0.2) is 0 Å². The van der Waals surface area contributed by atoms with E-state index in [9.17, 15) is 0 Å². The molecule has 1 fully saturated rings. The lowest BCUT2D eigenvalue weighted by molar-refractivity contribution is 0.178. The first-order valence-corrected chi connectivity index (χ1v) is 7.28. The Balaban J connectivity index is 2.44. The second-order valence-corrected chi connectivity index (χ2v) is 5.54. The summed E-state index contributed by atoms with van der Waals surface area (Å²) in [4.78, 5) is 5.12. The Morgan fingerprint density at radius 2 is 2.13 bits per heavy atom. The largest absolute Gasteiger partial charge is 0.305 e. The molecule has 0 aliphatic carbocycles. The SMILES string of the molecule is CCC(CBr)CN1CCCN(C)CC1C. The van der Waals surface area contributed by atoms with Gasteiger partial charge in [-0.1, -0.05) is 29.3 Å². The van der Waals surface area contributed by atoms with Crippen molar-refractivity contribution in [2.24, 2.45) is 5.92 Å². The Kier molecular flexibility index (Phi) is 6.17. The molecule has 1 aliphatic heterocycles. The van der Waals surface area contributed by atoms with E-state index >= 15 is 0 Å². The fourth-order valence-corrected chi connectivity index (χ4v) is 2.97. The molecule has 0 aromatic heterocycles. The van der Waals surface area contributed by atoms with Crippen molar-refractivity contribution in [2.45, 2.75) is 32.7 Å². The first-order chi connectivity index (χ1) is 7.17. The average Bonchev–Trinajstić information content (AvgIpc) is 2.36. The third-order valence-corrected chi connectivity index (χ3v) is 4.39. The maximum atomic E-state index is 3.62. The Hall–Kier alpha value is 0.400. The third kappa shape index (κ3) is 4.41. The lowest BCUT2D eigenvalue weighted by atomic mass is 10.1. The van der Waals surface area contributed by atoms with Crippen LogP contribution in [0.3, 0.4) is 0 Å². The number of rotatable bonds is 4. The van der Waals surface area contributed by atoms with Gasteiger partial charge in [0.05, 0.1) is 0 Å². The summed E-state index contributed by atoms with van der Waals surface area (Å²) < 4.78 is 0. The monoisotopic (exact) mass is 276 g/mol. The minimum atomic E-state index is 0.714. The summed E-state index contributed by atoms with van der Waals surface area (Å²) in [5.41, 5.74) is 0. The maximum Gasteiger partial charge on any atom is 0.0194 e. The van der Waals surface area contributed by atoms with Crippen molar-refractivity contribution in [3.05, 3.63) is 0 Å². The molecule has 2 atom stereocenters. The molecule has 0 amide bonds. The molecule has 0 saturated carbocycles. The Bertz CT molecular complexity index is 171. The third-order valence-electron chi connectivity index (χ3n) is 3.47. The van der Waals surface area contributed by atoms with Gasteiger partial charge in [-0.05, 0) is 39.4 Å². The molecular formula is C12H25BrN2. The van der Waals surface area contributed by atoms with Gasteiger partial charge in [0.1, 0.15) is 0 Å². The van der Waals surface area contributed by atoms with Gasteiger partial charge in [0.15, 0.2) is 0 Å². The fraction of sp³-hybridized carbons (Fsp3) is 1.00. The van der Waals surface area contributed by atoms with Crippen LogP contribution in [0.4, 0.5) is 0 Å². The summed E-state index contributed by atoms with van der Waals surface area (Å²) in [7, 11) is 2.24. The van der Waals surface area contributed by atoms with Crippen LogP contribution in [0.1, 0.15) is 26.7 Å². The number of likely N-dealkylation sites (N-methyl/N-ethyl adjacent to an activating group) is 1. The molecule has 1 heterocycles. The highest BCUT2D eigenvalue weighted by Gasteiger charge is 2.21. The van der Waals surface area contributed by atoms with Crippen molar-refractivity contribution in [2.75, 3.05) is 38.6 Å². The van der Waals surface area contributed by atoms with Gasteiger partial charge in [0, 0.05) is 24.5 Å². The fourth-order valence-electron chi connectivity index (χ4n) is 2.31. The highest BCUT2D eigenvalue weighted by molar-refractivity contribution is 9.09. The van der Waals surface area contributed by atoms with E-state index in [0.717, 1.165) is 11.2 Å². The van der Waals surface area contributed by atoms with Gasteiger partial charge in [0.25, 0.3) is 0 Å². The summed E-state index contributed by atoms with van der Waals surface area (Å²) in [6.45, 7) is 9.67. The first kappa shape index (κ1) is 13.5. The van der Waals surface area contributed by atoms with Crippen LogP contribution in [-0.4, -0.2) is 54.4 Å². The molecule has 1 rings (SSSR count). The molecule has 15 heavy (non-hydrogen) atoms. The first-order valence-electron chi connectivity index (χ1n) is 6.16. The maximum absolute atomic E-state index is 3.62. The van der Waals surface area contributed by atoms with E-state index in [1.54, 1.807) is 0 Å². The van der Waals surface area contributed by atoms with Crippen molar-refractivity contribution in [1.29, 1.82) is 0 Å². The van der Waals surface area contributed by atoms with E-state index in [1.165, 1.54) is 39.0 Å². The molecule has 3 heteroatoms. The molecule has 0 N–H and O–H groups in total. The number of nitrogens with zero attached hydrogens (tertiary/aromatic N) is 2. The molecule has 1 saturated heterocycles. The highest BCUT2D eigenvalue weighted by atomic mass is 79.9. The smallest absolute Gasteiger partial charge is 0.0194 e. The zero-order valence-corrected chi connectivity index (χ0v) is 12.0. The van der Waals surface area contributed by atoms with Gasteiger partial charge in [-0.2, -0.15) is 0 Å². The number of hydrogen-bond acceptors (Lipinski definition) is 2. The zero-order valence-electron chi connectivity index (χ0n) is 10.4. The lowest BCUT2D eigenvalue weighted by Gasteiger charge is -2.30. The summed E-state index contributed by atoms with van der Waals surface area (Å²) in [6.07, 6.45) is 2.60. The second-order valence-electron chi connectivity index (χ2n) is 4.89. The number of halogens is 1. The van der Waals surface area contributed by atoms with Crippen molar-refractivity contribution < 1.29 is 0 Å². The summed E-state index contributed by atoms with van der Waals surface area (Å²) in [5.74, 6) is 0.816. The molecule has 0 spiro atoms. The quantitative estimate of drug-likeness (QED) is 0.728. The van der Waals surface area contributed by atoms with Crippen LogP contribution < -0.4 is 0 Å². The van der Waals surface area contributed by atoms with E-state index < -0.39 is 0 Å². The molecular weight excluding hydrogens is 252 g/mol. The van der Waals surface area contributed by atoms with Gasteiger partial charge < -0.3 is 4.90 Å². The predicted octanol–water partition coefficient (Wildman–Crippen LogP) is 2.43. The Labute approximate surface area is 103 Å². The van der Waals surface area contributed by atoms with Gasteiger partial charge in [-0.15, -0.1) is 0 Å². The van der Waals surface area contributed by atoms with Gasteiger partial charge in [-0.3, -0.25) is 4.90 Å². The number of alkyl halides is 1. The van der Waals surface area contributed by atoms with Crippen molar-refractivity contribution in [3.63, 3.8) is 0 Å². The van der Waals surface area contributed by atoms with Crippen LogP contribution in [-0.2, 0) is 0 Å². The van der Waals surface area contributed by atoms with E-state index in [2.05, 4.69) is 46.6 Å². The summed E-state index contributed by atoms with van der Waals surface area (Å²) in [6, 6.07) is 0.714. The van der Waals surface area contributed by atoms with Crippen LogP contribution >= 0.6 is 15.9 Å². The standard InChI is InChI=1S/C12H25BrN2/c1-4-12(8-13)10-15-7-5-6-14(3)9-11(15)2/h11-12H,4-10H2,1-3H3. The molecule has 0 aromatic rings. The molecule has 0 bridgehead atoms. The molecule has 2 unspecified atom stereocenters. The van der Waals surface area contributed by atoms with Gasteiger partial charge in [0.2, 0.25) is 0 Å². The van der Waals surface area contributed by atoms with Crippen LogP contribution in [0.2, 0.25) is 0 Å². The molecule has 0 radical (unpaired) electrons. The topological polar surface area (TPSA) is 6.48 Å². The summed E-state index contributed by atoms with van der Waals surface area (Å²) in [5, 5.41) is 1.14. The average molecular weight is 277 g/mol. The minimum Gasteiger partial charge on any atom is -0.305 e. The molecule has 2 nitrogen and oxygen atoms in total. The zero-order chi connectivity index (χ0) is 11.3. The van der Waals surface area contributed by atoms with E-state index in [4.69, 9.17) is 0 Å². The van der Waals surface area contributed by atoms with Crippen molar-refractivity contribution >= 4 is 15.9 Å². The van der Waals surface area contributed by atoms with E-state index in [-0.39, 0.29) is 0 Å². The van der Waals surface area contributed by atoms with Crippen LogP contribution in [0.25, 0.3) is 0 Å². The Morgan fingerprint density at radius 1 is 1.40 bits per heavy atom. The molecule has 90 valence electrons. The second kappa shape index (κ2) is 6.87. The highest BCUT2D eigenvalue weighted by Crippen LogP contribution is 2.14. The van der Waals surface area contributed by atoms with Crippen molar-refractivity contribution in [1.82, 2.24) is 9.80 Å². The summed E-state index contributed by atoms with van der Waals surface area (Å²) >= 11 is 3.62. The number of hydrogen-bond donors (Lipinski definition) is 0. The lowest BCUT2D eigenvalue weighted by Crippen LogP contribution is -2.40. The Morgan fingerprint density at radius 3 is 2.73 bits per heavy atom.